The molecule has 21 heavy (non-hydrogen) atoms. The largest absolute Gasteiger partial charge is 0.497 e. The van der Waals surface area contributed by atoms with Crippen molar-refractivity contribution in [2.75, 3.05) is 12.4 Å². The number of carbonyl (C=O) groups is 1. The zero-order chi connectivity index (χ0) is 14.7. The number of aromatic nitrogens is 2. The van der Waals surface area contributed by atoms with Crippen molar-refractivity contribution in [2.45, 2.75) is 6.42 Å². The fraction of sp³-hybridized carbons (Fsp3) is 0.125. The molecule has 2 N–H and O–H groups in total. The normalized spacial score (nSPS) is 10.5. The van der Waals surface area contributed by atoms with Crippen LogP contribution in [0.15, 0.2) is 48.7 Å². The van der Waals surface area contributed by atoms with Crippen LogP contribution < -0.4 is 10.1 Å². The SMILES string of the molecule is COc1cccc(CC(=O)Nc2ccc3[nH]ncc3c2)c1. The minimum absolute atomic E-state index is 0.0638. The molecule has 0 saturated heterocycles. The number of fused-ring (bicyclic) bond motifs is 1. The smallest absolute Gasteiger partial charge is 0.228 e. The summed E-state index contributed by atoms with van der Waals surface area (Å²) < 4.78 is 5.15. The molecule has 1 amide bonds. The number of methoxy groups -OCH3 is 1. The maximum Gasteiger partial charge on any atom is 0.228 e. The summed E-state index contributed by atoms with van der Waals surface area (Å²) in [5.41, 5.74) is 2.62. The second-order valence-corrected chi connectivity index (χ2v) is 4.75. The number of nitrogens with one attached hydrogen (secondary N) is 2. The Morgan fingerprint density at radius 3 is 3.05 bits per heavy atom. The van der Waals surface area contributed by atoms with Gasteiger partial charge in [0.25, 0.3) is 0 Å². The highest BCUT2D eigenvalue weighted by atomic mass is 16.5. The van der Waals surface area contributed by atoms with Crippen LogP contribution in [0.5, 0.6) is 5.75 Å². The van der Waals surface area contributed by atoms with E-state index in [-0.39, 0.29) is 5.91 Å². The summed E-state index contributed by atoms with van der Waals surface area (Å²) in [6.45, 7) is 0. The van der Waals surface area contributed by atoms with Gasteiger partial charge in [-0.25, -0.2) is 0 Å². The van der Waals surface area contributed by atoms with Crippen LogP contribution in [0.1, 0.15) is 5.56 Å². The lowest BCUT2D eigenvalue weighted by molar-refractivity contribution is -0.115. The van der Waals surface area contributed by atoms with Crippen molar-refractivity contribution in [1.82, 2.24) is 10.2 Å². The summed E-state index contributed by atoms with van der Waals surface area (Å²) in [6, 6.07) is 13.1. The molecule has 106 valence electrons. The molecule has 0 fully saturated rings. The maximum atomic E-state index is 12.1. The van der Waals surface area contributed by atoms with Crippen molar-refractivity contribution in [3.8, 4) is 5.75 Å². The highest BCUT2D eigenvalue weighted by molar-refractivity contribution is 5.94. The third-order valence-corrected chi connectivity index (χ3v) is 3.22. The minimum Gasteiger partial charge on any atom is -0.497 e. The summed E-state index contributed by atoms with van der Waals surface area (Å²) >= 11 is 0. The fourth-order valence-electron chi connectivity index (χ4n) is 2.19. The molecule has 0 saturated carbocycles. The molecule has 0 unspecified atom stereocenters. The Bertz CT molecular complexity index is 780. The van der Waals surface area contributed by atoms with E-state index in [1.54, 1.807) is 13.3 Å². The molecule has 0 aliphatic rings. The molecule has 3 aromatic rings. The van der Waals surface area contributed by atoms with Gasteiger partial charge >= 0.3 is 0 Å². The zero-order valence-electron chi connectivity index (χ0n) is 11.6. The highest BCUT2D eigenvalue weighted by Gasteiger charge is 2.06. The number of aromatic amines is 1. The second kappa shape index (κ2) is 5.66. The van der Waals surface area contributed by atoms with Crippen LogP contribution in [0.3, 0.4) is 0 Å². The predicted molar refractivity (Wildman–Crippen MR) is 81.4 cm³/mol. The van der Waals surface area contributed by atoms with Gasteiger partial charge in [0.1, 0.15) is 5.75 Å². The molecule has 1 heterocycles. The molecular formula is C16H15N3O2. The van der Waals surface area contributed by atoms with Crippen LogP contribution in [-0.4, -0.2) is 23.2 Å². The van der Waals surface area contributed by atoms with Gasteiger partial charge in [0.15, 0.2) is 0 Å². The van der Waals surface area contributed by atoms with Crippen molar-refractivity contribution in [2.24, 2.45) is 0 Å². The number of anilines is 1. The lowest BCUT2D eigenvalue weighted by Crippen LogP contribution is -2.14. The molecule has 0 bridgehead atoms. The monoisotopic (exact) mass is 281 g/mol. The van der Waals surface area contributed by atoms with Gasteiger partial charge in [-0.05, 0) is 35.9 Å². The lowest BCUT2D eigenvalue weighted by atomic mass is 10.1. The summed E-state index contributed by atoms with van der Waals surface area (Å²) in [6.07, 6.45) is 2.04. The number of hydrogen-bond donors (Lipinski definition) is 2. The molecule has 2 aromatic carbocycles. The molecule has 0 aliphatic carbocycles. The van der Waals surface area contributed by atoms with Crippen LogP contribution in [-0.2, 0) is 11.2 Å². The van der Waals surface area contributed by atoms with Gasteiger partial charge in [-0.2, -0.15) is 5.10 Å². The van der Waals surface area contributed by atoms with E-state index in [0.717, 1.165) is 27.9 Å². The van der Waals surface area contributed by atoms with E-state index in [0.29, 0.717) is 6.42 Å². The Morgan fingerprint density at radius 2 is 2.19 bits per heavy atom. The van der Waals surface area contributed by atoms with Crippen molar-refractivity contribution in [1.29, 1.82) is 0 Å². The highest BCUT2D eigenvalue weighted by Crippen LogP contribution is 2.17. The number of ether oxygens (including phenoxy) is 1. The first kappa shape index (κ1) is 13.2. The Balaban J connectivity index is 1.70. The van der Waals surface area contributed by atoms with E-state index >= 15 is 0 Å². The number of nitrogens with zero attached hydrogens (tertiary/aromatic N) is 1. The van der Waals surface area contributed by atoms with Crippen LogP contribution in [0.4, 0.5) is 5.69 Å². The van der Waals surface area contributed by atoms with E-state index in [9.17, 15) is 4.79 Å². The zero-order valence-corrected chi connectivity index (χ0v) is 11.6. The van der Waals surface area contributed by atoms with Crippen LogP contribution in [0.2, 0.25) is 0 Å². The van der Waals surface area contributed by atoms with Gasteiger partial charge in [0.2, 0.25) is 5.91 Å². The average Bonchev–Trinajstić information content (AvgIpc) is 2.95. The molecule has 5 heteroatoms. The fourth-order valence-corrected chi connectivity index (χ4v) is 2.19. The third kappa shape index (κ3) is 3.02. The number of amides is 1. The number of carbonyl (C=O) groups excluding carboxylic acids is 1. The molecular weight excluding hydrogens is 266 g/mol. The Kier molecular flexibility index (Phi) is 3.55. The quantitative estimate of drug-likeness (QED) is 0.772. The van der Waals surface area contributed by atoms with E-state index < -0.39 is 0 Å². The van der Waals surface area contributed by atoms with Crippen molar-refractivity contribution in [3.05, 3.63) is 54.2 Å². The second-order valence-electron chi connectivity index (χ2n) is 4.75. The summed E-state index contributed by atoms with van der Waals surface area (Å²) in [5, 5.41) is 10.7. The van der Waals surface area contributed by atoms with Crippen LogP contribution in [0.25, 0.3) is 10.9 Å². The topological polar surface area (TPSA) is 67.0 Å². The summed E-state index contributed by atoms with van der Waals surface area (Å²) in [5.74, 6) is 0.686. The Morgan fingerprint density at radius 1 is 1.29 bits per heavy atom. The van der Waals surface area contributed by atoms with E-state index in [1.165, 1.54) is 0 Å². The van der Waals surface area contributed by atoms with Crippen molar-refractivity contribution < 1.29 is 9.53 Å². The van der Waals surface area contributed by atoms with Crippen molar-refractivity contribution >= 4 is 22.5 Å². The third-order valence-electron chi connectivity index (χ3n) is 3.22. The molecule has 5 nitrogen and oxygen atoms in total. The number of benzene rings is 2. The van der Waals surface area contributed by atoms with Gasteiger partial charge in [0.05, 0.1) is 25.2 Å². The summed E-state index contributed by atoms with van der Waals surface area (Å²) in [4.78, 5) is 12.1. The molecule has 1 aromatic heterocycles. The van der Waals surface area contributed by atoms with E-state index in [1.807, 2.05) is 42.5 Å². The summed E-state index contributed by atoms with van der Waals surface area (Å²) in [7, 11) is 1.61. The molecule has 3 rings (SSSR count). The number of rotatable bonds is 4. The van der Waals surface area contributed by atoms with E-state index in [2.05, 4.69) is 15.5 Å². The molecule has 0 aliphatic heterocycles. The number of hydrogen-bond acceptors (Lipinski definition) is 3. The minimum atomic E-state index is -0.0638. The van der Waals surface area contributed by atoms with Gasteiger partial charge in [-0.3, -0.25) is 9.89 Å². The Labute approximate surface area is 121 Å². The first-order valence-electron chi connectivity index (χ1n) is 6.60. The number of H-pyrrole nitrogens is 1. The van der Waals surface area contributed by atoms with Crippen LogP contribution in [0, 0.1) is 0 Å². The maximum absolute atomic E-state index is 12.1. The first-order valence-corrected chi connectivity index (χ1v) is 6.60. The van der Waals surface area contributed by atoms with Gasteiger partial charge in [-0.1, -0.05) is 12.1 Å². The Hall–Kier alpha value is -2.82. The van der Waals surface area contributed by atoms with Gasteiger partial charge < -0.3 is 10.1 Å². The van der Waals surface area contributed by atoms with Crippen LogP contribution >= 0.6 is 0 Å². The van der Waals surface area contributed by atoms with Gasteiger partial charge in [-0.15, -0.1) is 0 Å². The lowest BCUT2D eigenvalue weighted by Gasteiger charge is -2.06. The molecule has 0 atom stereocenters. The average molecular weight is 281 g/mol. The predicted octanol–water partition coefficient (Wildman–Crippen LogP) is 2.75. The molecule has 0 spiro atoms. The standard InChI is InChI=1S/C16H15N3O2/c1-21-14-4-2-3-11(7-14)8-16(20)18-13-5-6-15-12(9-13)10-17-19-15/h2-7,9-10H,8H2,1H3,(H,17,19)(H,18,20). The van der Waals surface area contributed by atoms with Gasteiger partial charge in [0, 0.05) is 11.1 Å². The molecule has 0 radical (unpaired) electrons. The van der Waals surface area contributed by atoms with Crippen molar-refractivity contribution in [3.63, 3.8) is 0 Å². The first-order chi connectivity index (χ1) is 10.2. The van der Waals surface area contributed by atoms with E-state index in [4.69, 9.17) is 4.74 Å².